The molecule has 3 N–H and O–H groups in total. The monoisotopic (exact) mass is 304 g/mol. The third-order valence-corrected chi connectivity index (χ3v) is 3.28. The molecule has 94 valence electrons. The van der Waals surface area contributed by atoms with Gasteiger partial charge in [-0.1, -0.05) is 41.4 Å². The van der Waals surface area contributed by atoms with Crippen LogP contribution in [0.15, 0.2) is 46.9 Å². The topological polar surface area (TPSA) is 38.0 Å². The van der Waals surface area contributed by atoms with Crippen LogP contribution in [-0.4, -0.2) is 0 Å². The van der Waals surface area contributed by atoms with Crippen molar-refractivity contribution in [2.45, 2.75) is 19.8 Å². The number of hydrogen-bond acceptors (Lipinski definition) is 2. The minimum atomic E-state index is 0.746. The van der Waals surface area contributed by atoms with Crippen LogP contribution in [0.4, 0.5) is 17.1 Å². The summed E-state index contributed by atoms with van der Waals surface area (Å²) in [5.74, 6) is 0. The molecule has 0 radical (unpaired) electrons. The van der Waals surface area contributed by atoms with Crippen molar-refractivity contribution < 1.29 is 0 Å². The molecule has 0 aromatic heterocycles. The van der Waals surface area contributed by atoms with E-state index in [9.17, 15) is 0 Å². The van der Waals surface area contributed by atoms with Gasteiger partial charge in [0.05, 0.1) is 11.4 Å². The van der Waals surface area contributed by atoms with Crippen molar-refractivity contribution in [1.82, 2.24) is 0 Å². The van der Waals surface area contributed by atoms with Gasteiger partial charge in [0, 0.05) is 10.2 Å². The Labute approximate surface area is 116 Å². The third-order valence-electron chi connectivity index (χ3n) is 2.79. The second-order valence-electron chi connectivity index (χ2n) is 4.30. The Morgan fingerprint density at radius 3 is 2.50 bits per heavy atom. The predicted molar refractivity (Wildman–Crippen MR) is 82.3 cm³/mol. The van der Waals surface area contributed by atoms with Crippen molar-refractivity contribution in [2.75, 3.05) is 11.1 Å². The summed E-state index contributed by atoms with van der Waals surface area (Å²) in [5.41, 5.74) is 10.0. The van der Waals surface area contributed by atoms with Crippen LogP contribution < -0.4 is 11.1 Å². The maximum atomic E-state index is 5.93. The Balaban J connectivity index is 2.15. The normalized spacial score (nSPS) is 10.3. The summed E-state index contributed by atoms with van der Waals surface area (Å²) >= 11 is 3.45. The van der Waals surface area contributed by atoms with Crippen LogP contribution in [-0.2, 0) is 6.42 Å². The second-order valence-corrected chi connectivity index (χ2v) is 5.22. The molecule has 0 heterocycles. The zero-order chi connectivity index (χ0) is 13.0. The summed E-state index contributed by atoms with van der Waals surface area (Å²) in [4.78, 5) is 0. The quantitative estimate of drug-likeness (QED) is 0.802. The van der Waals surface area contributed by atoms with E-state index >= 15 is 0 Å². The Morgan fingerprint density at radius 1 is 1.11 bits per heavy atom. The van der Waals surface area contributed by atoms with E-state index in [2.05, 4.69) is 52.4 Å². The minimum absolute atomic E-state index is 0.746. The average molecular weight is 305 g/mol. The zero-order valence-electron chi connectivity index (χ0n) is 10.4. The van der Waals surface area contributed by atoms with E-state index in [1.807, 2.05) is 18.2 Å². The Bertz CT molecular complexity index is 521. The van der Waals surface area contributed by atoms with Crippen molar-refractivity contribution in [2.24, 2.45) is 0 Å². The Hall–Kier alpha value is -1.48. The molecule has 0 amide bonds. The zero-order valence-corrected chi connectivity index (χ0v) is 12.0. The van der Waals surface area contributed by atoms with Crippen molar-refractivity contribution in [3.05, 3.63) is 52.5 Å². The van der Waals surface area contributed by atoms with Gasteiger partial charge in [-0.2, -0.15) is 0 Å². The molecule has 0 saturated carbocycles. The highest BCUT2D eigenvalue weighted by atomic mass is 79.9. The Morgan fingerprint density at radius 2 is 1.83 bits per heavy atom. The number of rotatable bonds is 4. The molecule has 2 rings (SSSR count). The van der Waals surface area contributed by atoms with E-state index in [0.717, 1.165) is 28.0 Å². The van der Waals surface area contributed by atoms with E-state index in [1.54, 1.807) is 0 Å². The van der Waals surface area contributed by atoms with E-state index in [1.165, 1.54) is 12.0 Å². The molecule has 0 saturated heterocycles. The summed E-state index contributed by atoms with van der Waals surface area (Å²) in [6, 6.07) is 14.3. The lowest BCUT2D eigenvalue weighted by Gasteiger charge is -2.10. The SMILES string of the molecule is CCCc1ccc(Nc2cc(Br)ccc2N)cc1. The molecule has 0 atom stereocenters. The highest BCUT2D eigenvalue weighted by Crippen LogP contribution is 2.26. The fourth-order valence-electron chi connectivity index (χ4n) is 1.84. The number of anilines is 3. The predicted octanol–water partition coefficient (Wildman–Crippen LogP) is 4.73. The molecular formula is C15H17BrN2. The fourth-order valence-corrected chi connectivity index (χ4v) is 2.20. The van der Waals surface area contributed by atoms with E-state index in [-0.39, 0.29) is 0 Å². The number of aryl methyl sites for hydroxylation is 1. The summed E-state index contributed by atoms with van der Waals surface area (Å²) in [6.07, 6.45) is 2.30. The van der Waals surface area contributed by atoms with Crippen LogP contribution in [0, 0.1) is 0 Å². The molecule has 18 heavy (non-hydrogen) atoms. The smallest absolute Gasteiger partial charge is 0.0629 e. The minimum Gasteiger partial charge on any atom is -0.397 e. The number of hydrogen-bond donors (Lipinski definition) is 2. The lowest BCUT2D eigenvalue weighted by Crippen LogP contribution is -1.96. The van der Waals surface area contributed by atoms with Crippen molar-refractivity contribution in [1.29, 1.82) is 0 Å². The molecule has 0 aliphatic carbocycles. The number of nitrogen functional groups attached to an aromatic ring is 1. The van der Waals surface area contributed by atoms with Crippen LogP contribution in [0.3, 0.4) is 0 Å². The van der Waals surface area contributed by atoms with Crippen LogP contribution in [0.25, 0.3) is 0 Å². The molecule has 0 unspecified atom stereocenters. The van der Waals surface area contributed by atoms with Crippen LogP contribution in [0.1, 0.15) is 18.9 Å². The number of nitrogens with two attached hydrogens (primary N) is 1. The van der Waals surface area contributed by atoms with Gasteiger partial charge in [0.1, 0.15) is 0 Å². The molecule has 0 aliphatic heterocycles. The van der Waals surface area contributed by atoms with Crippen molar-refractivity contribution >= 4 is 33.0 Å². The molecule has 2 nitrogen and oxygen atoms in total. The number of nitrogens with one attached hydrogen (secondary N) is 1. The van der Waals surface area contributed by atoms with Crippen molar-refractivity contribution in [3.63, 3.8) is 0 Å². The van der Waals surface area contributed by atoms with E-state index in [0.29, 0.717) is 0 Å². The first kappa shape index (κ1) is 13.0. The lowest BCUT2D eigenvalue weighted by atomic mass is 10.1. The molecule has 2 aromatic rings. The number of benzene rings is 2. The van der Waals surface area contributed by atoms with E-state index in [4.69, 9.17) is 5.73 Å². The number of halogens is 1. The molecular weight excluding hydrogens is 288 g/mol. The molecule has 0 fully saturated rings. The first-order valence-corrected chi connectivity index (χ1v) is 6.89. The molecule has 2 aromatic carbocycles. The summed E-state index contributed by atoms with van der Waals surface area (Å²) in [7, 11) is 0. The van der Waals surface area contributed by atoms with Gasteiger partial charge < -0.3 is 11.1 Å². The van der Waals surface area contributed by atoms with Gasteiger partial charge >= 0.3 is 0 Å². The third kappa shape index (κ3) is 3.26. The standard InChI is InChI=1S/C15H17BrN2/c1-2-3-11-4-7-13(8-5-11)18-15-10-12(16)6-9-14(15)17/h4-10,18H,2-3,17H2,1H3. The average Bonchev–Trinajstić information content (AvgIpc) is 2.37. The first-order valence-electron chi connectivity index (χ1n) is 6.10. The van der Waals surface area contributed by atoms with Gasteiger partial charge in [-0.15, -0.1) is 0 Å². The maximum Gasteiger partial charge on any atom is 0.0629 e. The van der Waals surface area contributed by atoms with Crippen molar-refractivity contribution in [3.8, 4) is 0 Å². The summed E-state index contributed by atoms with van der Waals surface area (Å²) in [6.45, 7) is 2.19. The first-order chi connectivity index (χ1) is 8.69. The molecule has 3 heteroatoms. The highest BCUT2D eigenvalue weighted by molar-refractivity contribution is 9.10. The summed E-state index contributed by atoms with van der Waals surface area (Å²) in [5, 5.41) is 3.33. The lowest BCUT2D eigenvalue weighted by molar-refractivity contribution is 0.922. The van der Waals surface area contributed by atoms with Gasteiger partial charge in [-0.25, -0.2) is 0 Å². The molecule has 0 spiro atoms. The Kier molecular flexibility index (Phi) is 4.26. The largest absolute Gasteiger partial charge is 0.397 e. The molecule has 0 aliphatic rings. The van der Waals surface area contributed by atoms with E-state index < -0.39 is 0 Å². The maximum absolute atomic E-state index is 5.93. The van der Waals surface area contributed by atoms with Gasteiger partial charge in [0.25, 0.3) is 0 Å². The van der Waals surface area contributed by atoms with Gasteiger partial charge in [-0.3, -0.25) is 0 Å². The van der Waals surface area contributed by atoms with Gasteiger partial charge in [-0.05, 0) is 42.3 Å². The fraction of sp³-hybridized carbons (Fsp3) is 0.200. The van der Waals surface area contributed by atoms with Crippen LogP contribution >= 0.6 is 15.9 Å². The van der Waals surface area contributed by atoms with Crippen LogP contribution in [0.2, 0.25) is 0 Å². The summed E-state index contributed by atoms with van der Waals surface area (Å²) < 4.78 is 1.02. The highest BCUT2D eigenvalue weighted by Gasteiger charge is 2.01. The second kappa shape index (κ2) is 5.91. The van der Waals surface area contributed by atoms with Gasteiger partial charge in [0.2, 0.25) is 0 Å². The molecule has 0 bridgehead atoms. The van der Waals surface area contributed by atoms with Gasteiger partial charge in [0.15, 0.2) is 0 Å². The van der Waals surface area contributed by atoms with Crippen LogP contribution in [0.5, 0.6) is 0 Å².